The molecular formula is C45H46N10O18S. The molecule has 3 aromatic carbocycles. The lowest BCUT2D eigenvalue weighted by Crippen LogP contribution is -2.65. The third-order valence-corrected chi connectivity index (χ3v) is 13.8. The first-order valence-electron chi connectivity index (χ1n) is 22.4. The number of nitro groups is 3. The van der Waals surface area contributed by atoms with Crippen LogP contribution in [0.3, 0.4) is 0 Å². The maximum absolute atomic E-state index is 14.2. The second-order valence-corrected chi connectivity index (χ2v) is 18.6. The molecule has 0 spiro atoms. The van der Waals surface area contributed by atoms with Crippen molar-refractivity contribution in [3.05, 3.63) is 130 Å². The molecule has 6 amide bonds. The number of alkyl carbamates (subject to hydrolysis) is 2. The van der Waals surface area contributed by atoms with Gasteiger partial charge in [0.25, 0.3) is 17.1 Å². The Balaban J connectivity index is 0.984. The molecule has 0 saturated carbocycles. The first-order chi connectivity index (χ1) is 35.2. The number of aliphatic imine (C=N–C) groups is 1. The first-order valence-corrected chi connectivity index (χ1v) is 23.3. The molecule has 4 heterocycles. The summed E-state index contributed by atoms with van der Waals surface area (Å²) in [7, 11) is 0. The third-order valence-electron chi connectivity index (χ3n) is 12.3. The molecule has 3 fully saturated rings. The highest BCUT2D eigenvalue weighted by Crippen LogP contribution is 2.50. The van der Waals surface area contributed by atoms with Gasteiger partial charge in [-0.1, -0.05) is 0 Å². The van der Waals surface area contributed by atoms with Gasteiger partial charge in [0.05, 0.1) is 38.9 Å². The van der Waals surface area contributed by atoms with Crippen molar-refractivity contribution in [2.75, 3.05) is 26.2 Å². The fourth-order valence-electron chi connectivity index (χ4n) is 8.57. The largest absolute Gasteiger partial charge is 0.479 e. The summed E-state index contributed by atoms with van der Waals surface area (Å²) in [4.78, 5) is 131. The lowest BCUT2D eigenvalue weighted by atomic mass is 9.81. The van der Waals surface area contributed by atoms with Gasteiger partial charge in [-0.3, -0.25) is 60.3 Å². The Morgan fingerprint density at radius 3 is 1.69 bits per heavy atom. The zero-order chi connectivity index (χ0) is 53.5. The van der Waals surface area contributed by atoms with E-state index < -0.39 is 111 Å². The number of guanidine groups is 1. The molecule has 390 valence electrons. The Morgan fingerprint density at radius 2 is 1.24 bits per heavy atom. The van der Waals surface area contributed by atoms with E-state index in [4.69, 9.17) is 14.2 Å². The number of amides is 6. The van der Waals surface area contributed by atoms with Crippen LogP contribution in [0.5, 0.6) is 0 Å². The van der Waals surface area contributed by atoms with Crippen LogP contribution in [-0.4, -0.2) is 149 Å². The molecule has 28 nitrogen and oxygen atoms in total. The van der Waals surface area contributed by atoms with E-state index in [1.807, 2.05) is 0 Å². The minimum atomic E-state index is -1.34. The average Bonchev–Trinajstić information content (AvgIpc) is 3.88. The third kappa shape index (κ3) is 12.3. The number of carbonyl (C=O) groups is 7. The van der Waals surface area contributed by atoms with E-state index in [1.165, 1.54) is 94.4 Å². The summed E-state index contributed by atoms with van der Waals surface area (Å²) in [5, 5.41) is 60.1. The number of β-lactam (4-membered cyclic amide) rings is 1. The van der Waals surface area contributed by atoms with Crippen LogP contribution in [0.25, 0.3) is 0 Å². The van der Waals surface area contributed by atoms with Gasteiger partial charge in [0, 0.05) is 66.2 Å². The number of ether oxygens (including phenoxy) is 3. The SMILES string of the molecule is CC1=C(S[C@H]2C[C@@H](C(=O)N3CC(NC(=O)CN=C(NC(=O)OCc4ccc([N+](=O)[O-])cc4)NC(=O)OCc4ccc([N+](=O)[O-])cc4)C3)N(C(=O)OCc3ccc([N+](=O)[O-])cc3)C2)C(C(=O)O)N2C(=O)[C@H]([C@@H](C)O)[C@@H]12. The number of likely N-dealkylation sites (tertiary alicyclic amines) is 2. The molecular weight excluding hydrogens is 1000 g/mol. The number of nitro benzene ring substituents is 3. The van der Waals surface area contributed by atoms with Gasteiger partial charge >= 0.3 is 24.2 Å². The number of thioether (sulfide) groups is 1. The Kier molecular flexibility index (Phi) is 16.3. The number of nitrogens with one attached hydrogen (secondary N) is 3. The van der Waals surface area contributed by atoms with Crippen LogP contribution in [0.4, 0.5) is 31.4 Å². The molecule has 5 N–H and O–H groups in total. The van der Waals surface area contributed by atoms with Crippen LogP contribution in [0.15, 0.2) is 88.3 Å². The zero-order valence-electron chi connectivity index (χ0n) is 39.1. The van der Waals surface area contributed by atoms with Gasteiger partial charge in [0.2, 0.25) is 23.7 Å². The normalized spacial score (nSPS) is 20.2. The van der Waals surface area contributed by atoms with Crippen LogP contribution in [-0.2, 0) is 53.2 Å². The number of nitrogens with zero attached hydrogens (tertiary/aromatic N) is 7. The van der Waals surface area contributed by atoms with Gasteiger partial charge in [0.15, 0.2) is 6.04 Å². The first kappa shape index (κ1) is 53.1. The smallest absolute Gasteiger partial charge is 0.414 e. The number of benzene rings is 3. The molecule has 74 heavy (non-hydrogen) atoms. The van der Waals surface area contributed by atoms with Gasteiger partial charge in [-0.2, -0.15) is 0 Å². The quantitative estimate of drug-likeness (QED) is 0.0324. The van der Waals surface area contributed by atoms with Crippen LogP contribution in [0, 0.1) is 36.3 Å². The maximum atomic E-state index is 14.2. The minimum absolute atomic E-state index is 0.0231. The highest BCUT2D eigenvalue weighted by molar-refractivity contribution is 8.03. The van der Waals surface area contributed by atoms with Gasteiger partial charge in [-0.25, -0.2) is 24.2 Å². The van der Waals surface area contributed by atoms with E-state index in [2.05, 4.69) is 20.9 Å². The highest BCUT2D eigenvalue weighted by Gasteiger charge is 2.61. The van der Waals surface area contributed by atoms with E-state index in [-0.39, 0.29) is 62.9 Å². The zero-order valence-corrected chi connectivity index (χ0v) is 39.9. The summed E-state index contributed by atoms with van der Waals surface area (Å²) in [5.74, 6) is -4.50. The van der Waals surface area contributed by atoms with Gasteiger partial charge in [-0.15, -0.1) is 11.8 Å². The summed E-state index contributed by atoms with van der Waals surface area (Å²) < 4.78 is 15.8. The van der Waals surface area contributed by atoms with Crippen molar-refractivity contribution >= 4 is 76.8 Å². The molecule has 0 radical (unpaired) electrons. The standard InChI is InChI=1S/C45H46N10O18S/c1-23-36-35(24(2)56)40(59)52(36)37(41(60)61)38(23)74-32-15-33(51(19-32)45(64)73-22-27-7-13-31(14-8-27)55(69)70)39(58)50-17-28(18-50)47-34(57)16-46-42(48-43(62)71-20-25-3-9-29(10-4-25)53(65)66)49-44(63)72-21-26-5-11-30(12-6-26)54(67)68/h3-14,24,28,32-33,35-37,56H,15-22H2,1-2H3,(H,47,57)(H,60,61)(H2,46,48,49,62,63)/t24-,32+,33+,35-,36-,37?/m1/s1. The van der Waals surface area contributed by atoms with E-state index in [9.17, 15) is 74.1 Å². The molecule has 3 aromatic rings. The number of aliphatic hydroxyl groups excluding tert-OH is 1. The lowest BCUT2D eigenvalue weighted by molar-refractivity contribution is -0.385. The summed E-state index contributed by atoms with van der Waals surface area (Å²) in [6, 6.07) is 11.7. The summed E-state index contributed by atoms with van der Waals surface area (Å²) in [6.45, 7) is 1.22. The Hall–Kier alpha value is -8.73. The van der Waals surface area contributed by atoms with Crippen molar-refractivity contribution in [3.8, 4) is 0 Å². The van der Waals surface area contributed by atoms with E-state index in [0.29, 0.717) is 27.2 Å². The maximum Gasteiger partial charge on any atom is 0.414 e. The number of fused-ring (bicyclic) bond motifs is 1. The van der Waals surface area contributed by atoms with Crippen LogP contribution in [0.2, 0.25) is 0 Å². The number of carboxylic acid groups (broad SMARTS) is 1. The van der Waals surface area contributed by atoms with Crippen molar-refractivity contribution in [1.29, 1.82) is 0 Å². The van der Waals surface area contributed by atoms with Gasteiger partial charge < -0.3 is 39.5 Å². The summed E-state index contributed by atoms with van der Waals surface area (Å²) >= 11 is 1.11. The van der Waals surface area contributed by atoms with Crippen LogP contribution in [0.1, 0.15) is 37.0 Å². The van der Waals surface area contributed by atoms with E-state index in [0.717, 1.165) is 11.8 Å². The lowest BCUT2D eigenvalue weighted by Gasteiger charge is -2.46. The molecule has 7 rings (SSSR count). The fraction of sp³-hybridized carbons (Fsp3) is 0.378. The van der Waals surface area contributed by atoms with E-state index in [1.54, 1.807) is 6.92 Å². The predicted octanol–water partition coefficient (Wildman–Crippen LogP) is 2.71. The molecule has 29 heteroatoms. The van der Waals surface area contributed by atoms with Gasteiger partial charge in [0.1, 0.15) is 32.4 Å². The second kappa shape index (κ2) is 22.8. The summed E-state index contributed by atoms with van der Waals surface area (Å²) in [6.07, 6.45) is -4.25. The topological polar surface area (TPSA) is 375 Å². The Bertz CT molecular complexity index is 2730. The average molecular weight is 1050 g/mol. The van der Waals surface area contributed by atoms with Crippen molar-refractivity contribution in [2.45, 2.75) is 75.6 Å². The van der Waals surface area contributed by atoms with Gasteiger partial charge in [-0.05, 0) is 78.9 Å². The number of aliphatic hydroxyl groups is 1. The molecule has 1 unspecified atom stereocenters. The van der Waals surface area contributed by atoms with Crippen LogP contribution >= 0.6 is 11.8 Å². The highest BCUT2D eigenvalue weighted by atomic mass is 32.2. The van der Waals surface area contributed by atoms with Crippen molar-refractivity contribution in [2.24, 2.45) is 10.9 Å². The monoisotopic (exact) mass is 1050 g/mol. The van der Waals surface area contributed by atoms with Crippen molar-refractivity contribution in [3.63, 3.8) is 0 Å². The number of non-ortho nitro benzene ring substituents is 3. The number of hydrogen-bond acceptors (Lipinski definition) is 19. The summed E-state index contributed by atoms with van der Waals surface area (Å²) in [5.41, 5.74) is 1.14. The second-order valence-electron chi connectivity index (χ2n) is 17.3. The van der Waals surface area contributed by atoms with Crippen molar-refractivity contribution < 1.29 is 72.8 Å². The number of rotatable bonds is 17. The number of hydrogen-bond donors (Lipinski definition) is 5. The molecule has 6 atom stereocenters. The van der Waals surface area contributed by atoms with E-state index >= 15 is 0 Å². The molecule has 3 saturated heterocycles. The molecule has 0 aromatic heterocycles. The number of aliphatic carboxylic acids is 1. The molecule has 0 aliphatic carbocycles. The van der Waals surface area contributed by atoms with Crippen molar-refractivity contribution in [1.82, 2.24) is 30.7 Å². The molecule has 0 bridgehead atoms. The Morgan fingerprint density at radius 1 is 0.770 bits per heavy atom. The number of carbonyl (C=O) groups excluding carboxylic acids is 6. The minimum Gasteiger partial charge on any atom is -0.479 e. The fourth-order valence-corrected chi connectivity index (χ4v) is 10.1. The number of carboxylic acids is 1. The molecule has 4 aliphatic rings. The Labute approximate surface area is 422 Å². The molecule has 4 aliphatic heterocycles. The predicted molar refractivity (Wildman–Crippen MR) is 253 cm³/mol. The van der Waals surface area contributed by atoms with Crippen LogP contribution < -0.4 is 16.0 Å².